The van der Waals surface area contributed by atoms with Gasteiger partial charge in [-0.3, -0.25) is 9.59 Å². The molecule has 1 atom stereocenters. The van der Waals surface area contributed by atoms with Gasteiger partial charge in [0.2, 0.25) is 5.78 Å². The van der Waals surface area contributed by atoms with Gasteiger partial charge in [0.05, 0.1) is 22.4 Å². The van der Waals surface area contributed by atoms with E-state index in [0.29, 0.717) is 40.9 Å². The summed E-state index contributed by atoms with van der Waals surface area (Å²) in [6, 6.07) is 12.2. The molecule has 0 spiro atoms. The summed E-state index contributed by atoms with van der Waals surface area (Å²) in [5.41, 5.74) is 1.47. The fourth-order valence-corrected chi connectivity index (χ4v) is 4.70. The van der Waals surface area contributed by atoms with Crippen LogP contribution < -0.4 is 0 Å². The maximum absolute atomic E-state index is 13.6. The number of ether oxygens (including phenoxy) is 1. The van der Waals surface area contributed by atoms with Gasteiger partial charge in [0.1, 0.15) is 16.8 Å². The third-order valence-corrected chi connectivity index (χ3v) is 6.34. The average molecular weight is 439 g/mol. The predicted molar refractivity (Wildman–Crippen MR) is 116 cm³/mol. The molecular formula is C23H22N2O5S. The number of thiazole rings is 1. The number of aryl methyl sites for hydroxylation is 1. The van der Waals surface area contributed by atoms with Crippen LogP contribution in [-0.4, -0.2) is 46.9 Å². The molecule has 0 saturated carbocycles. The first-order valence-corrected chi connectivity index (χ1v) is 10.7. The number of rotatable bonds is 8. The molecule has 0 radical (unpaired) electrons. The fourth-order valence-electron chi connectivity index (χ4n) is 3.67. The number of methoxy groups -OCH3 is 1. The smallest absolute Gasteiger partial charge is 0.290 e. The molecule has 1 unspecified atom stereocenters. The number of hydrogen-bond acceptors (Lipinski definition) is 7. The molecule has 1 aliphatic heterocycles. The Kier molecular flexibility index (Phi) is 6.01. The van der Waals surface area contributed by atoms with Crippen LogP contribution in [0.25, 0.3) is 10.6 Å². The lowest BCUT2D eigenvalue weighted by Gasteiger charge is -2.24. The average Bonchev–Trinajstić information content (AvgIpc) is 3.49. The molecule has 160 valence electrons. The molecule has 0 saturated heterocycles. The molecular weight excluding hydrogens is 416 g/mol. The molecule has 1 N–H and O–H groups in total. The summed E-state index contributed by atoms with van der Waals surface area (Å²) in [5, 5.41) is 11.4. The number of amides is 1. The highest BCUT2D eigenvalue weighted by Gasteiger charge is 2.45. The number of furan rings is 1. The number of aliphatic hydroxyl groups is 1. The molecule has 1 aromatic carbocycles. The molecule has 1 amide bonds. The van der Waals surface area contributed by atoms with Crippen molar-refractivity contribution in [1.29, 1.82) is 0 Å². The molecule has 4 rings (SSSR count). The van der Waals surface area contributed by atoms with Crippen LogP contribution in [0.15, 0.2) is 64.5 Å². The Balaban J connectivity index is 1.72. The van der Waals surface area contributed by atoms with E-state index in [1.165, 1.54) is 22.5 Å². The number of benzene rings is 1. The van der Waals surface area contributed by atoms with Crippen LogP contribution in [0.5, 0.6) is 0 Å². The first kappa shape index (κ1) is 21.0. The van der Waals surface area contributed by atoms with Gasteiger partial charge in [-0.1, -0.05) is 30.3 Å². The van der Waals surface area contributed by atoms with E-state index < -0.39 is 23.5 Å². The van der Waals surface area contributed by atoms with Gasteiger partial charge in [0.15, 0.2) is 5.76 Å². The number of aliphatic hydroxyl groups excluding tert-OH is 1. The lowest BCUT2D eigenvalue weighted by Crippen LogP contribution is -2.32. The van der Waals surface area contributed by atoms with Crippen molar-refractivity contribution >= 4 is 23.0 Å². The second-order valence-corrected chi connectivity index (χ2v) is 8.15. The molecule has 31 heavy (non-hydrogen) atoms. The van der Waals surface area contributed by atoms with Gasteiger partial charge < -0.3 is 19.2 Å². The standard InChI is InChI=1S/C23H22N2O5S/c1-14-21(31-22(24-14)15-8-4-3-5-9-15)19(26)17-18(16-10-6-13-30-16)25(11-7-12-29-2)23(28)20(17)27/h3-6,8-10,13,18,27H,7,11-12H2,1-2H3. The van der Waals surface area contributed by atoms with Crippen LogP contribution in [0, 0.1) is 6.92 Å². The van der Waals surface area contributed by atoms with Crippen LogP contribution in [0.4, 0.5) is 0 Å². The van der Waals surface area contributed by atoms with E-state index in [-0.39, 0.29) is 5.57 Å². The number of carbonyl (C=O) groups excluding carboxylic acids is 2. The van der Waals surface area contributed by atoms with Crippen LogP contribution >= 0.6 is 11.3 Å². The zero-order valence-corrected chi connectivity index (χ0v) is 18.0. The van der Waals surface area contributed by atoms with E-state index in [1.807, 2.05) is 30.3 Å². The van der Waals surface area contributed by atoms with Crippen molar-refractivity contribution in [1.82, 2.24) is 9.88 Å². The lowest BCUT2D eigenvalue weighted by atomic mass is 9.99. The first-order chi connectivity index (χ1) is 15.0. The second kappa shape index (κ2) is 8.87. The van der Waals surface area contributed by atoms with Crippen molar-refractivity contribution in [2.75, 3.05) is 20.3 Å². The van der Waals surface area contributed by atoms with E-state index in [4.69, 9.17) is 9.15 Å². The summed E-state index contributed by atoms with van der Waals surface area (Å²) in [6.45, 7) is 2.52. The molecule has 0 bridgehead atoms. The highest BCUT2D eigenvalue weighted by molar-refractivity contribution is 7.17. The minimum Gasteiger partial charge on any atom is -0.503 e. The molecule has 3 heterocycles. The fraction of sp³-hybridized carbons (Fsp3) is 0.261. The molecule has 0 aliphatic carbocycles. The molecule has 7 nitrogen and oxygen atoms in total. The zero-order chi connectivity index (χ0) is 22.0. The molecule has 2 aromatic heterocycles. The van der Waals surface area contributed by atoms with Gasteiger partial charge in [0, 0.05) is 25.8 Å². The Bertz CT molecular complexity index is 1120. The Labute approximate surface area is 183 Å². The summed E-state index contributed by atoms with van der Waals surface area (Å²) in [6.07, 6.45) is 2.04. The van der Waals surface area contributed by atoms with E-state index in [2.05, 4.69) is 4.98 Å². The van der Waals surface area contributed by atoms with E-state index in [9.17, 15) is 14.7 Å². The van der Waals surface area contributed by atoms with Crippen LogP contribution in [-0.2, 0) is 9.53 Å². The Morgan fingerprint density at radius 3 is 2.71 bits per heavy atom. The highest BCUT2D eigenvalue weighted by Crippen LogP contribution is 2.41. The summed E-state index contributed by atoms with van der Waals surface area (Å²) >= 11 is 1.25. The number of aromatic nitrogens is 1. The van der Waals surface area contributed by atoms with Gasteiger partial charge >= 0.3 is 0 Å². The third kappa shape index (κ3) is 3.92. The Morgan fingerprint density at radius 2 is 2.03 bits per heavy atom. The van der Waals surface area contributed by atoms with Gasteiger partial charge in [-0.2, -0.15) is 0 Å². The van der Waals surface area contributed by atoms with Crippen LogP contribution in [0.1, 0.15) is 33.6 Å². The molecule has 1 aliphatic rings. The Hall–Kier alpha value is -3.23. The highest BCUT2D eigenvalue weighted by atomic mass is 32.1. The largest absolute Gasteiger partial charge is 0.503 e. The minimum atomic E-state index is -0.798. The van der Waals surface area contributed by atoms with Crippen molar-refractivity contribution in [3.63, 3.8) is 0 Å². The number of Topliss-reactive ketones (excluding diaryl/α,β-unsaturated/α-hetero) is 1. The van der Waals surface area contributed by atoms with Crippen LogP contribution in [0.2, 0.25) is 0 Å². The van der Waals surface area contributed by atoms with Crippen molar-refractivity contribution < 1.29 is 23.8 Å². The monoisotopic (exact) mass is 438 g/mol. The maximum Gasteiger partial charge on any atom is 0.290 e. The SMILES string of the molecule is COCCCN1C(=O)C(O)=C(C(=O)c2sc(-c3ccccc3)nc2C)C1c1ccco1. The van der Waals surface area contributed by atoms with Crippen molar-refractivity contribution in [2.45, 2.75) is 19.4 Å². The summed E-state index contributed by atoms with van der Waals surface area (Å²) in [5.74, 6) is -1.13. The van der Waals surface area contributed by atoms with Gasteiger partial charge in [-0.05, 0) is 25.5 Å². The van der Waals surface area contributed by atoms with Gasteiger partial charge in [0.25, 0.3) is 5.91 Å². The first-order valence-electron chi connectivity index (χ1n) is 9.87. The molecule has 8 heteroatoms. The topological polar surface area (TPSA) is 92.9 Å². The molecule has 0 fully saturated rings. The van der Waals surface area contributed by atoms with Crippen molar-refractivity contribution in [3.8, 4) is 10.6 Å². The van der Waals surface area contributed by atoms with Crippen molar-refractivity contribution in [2.24, 2.45) is 0 Å². The van der Waals surface area contributed by atoms with Crippen molar-refractivity contribution in [3.05, 3.63) is 76.4 Å². The maximum atomic E-state index is 13.6. The Morgan fingerprint density at radius 1 is 1.26 bits per heavy atom. The normalized spacial score (nSPS) is 16.4. The summed E-state index contributed by atoms with van der Waals surface area (Å²) in [7, 11) is 1.58. The molecule has 3 aromatic rings. The van der Waals surface area contributed by atoms with Crippen LogP contribution in [0.3, 0.4) is 0 Å². The number of ketones is 1. The summed E-state index contributed by atoms with van der Waals surface area (Å²) in [4.78, 5) is 32.8. The third-order valence-electron chi connectivity index (χ3n) is 5.13. The number of carbonyl (C=O) groups is 2. The second-order valence-electron chi connectivity index (χ2n) is 7.15. The van der Waals surface area contributed by atoms with E-state index >= 15 is 0 Å². The lowest BCUT2D eigenvalue weighted by molar-refractivity contribution is -0.129. The quantitative estimate of drug-likeness (QED) is 0.416. The minimum absolute atomic E-state index is 0.0173. The van der Waals surface area contributed by atoms with E-state index in [0.717, 1.165) is 5.56 Å². The van der Waals surface area contributed by atoms with E-state index in [1.54, 1.807) is 26.2 Å². The zero-order valence-electron chi connectivity index (χ0n) is 17.2. The van der Waals surface area contributed by atoms with Gasteiger partial charge in [-0.15, -0.1) is 11.3 Å². The predicted octanol–water partition coefficient (Wildman–Crippen LogP) is 4.33. The number of hydrogen-bond donors (Lipinski definition) is 1. The summed E-state index contributed by atoms with van der Waals surface area (Å²) < 4.78 is 10.6. The number of nitrogens with zero attached hydrogens (tertiary/aromatic N) is 2. The van der Waals surface area contributed by atoms with Gasteiger partial charge in [-0.25, -0.2) is 4.98 Å².